The van der Waals surface area contributed by atoms with Gasteiger partial charge in [0.2, 0.25) is 0 Å². The first-order chi connectivity index (χ1) is 9.27. The topological polar surface area (TPSA) is 69.6 Å². The van der Waals surface area contributed by atoms with Crippen LogP contribution in [0.5, 0.6) is 0 Å². The molecule has 0 atom stereocenters. The molecule has 0 unspecified atom stereocenters. The Labute approximate surface area is 120 Å². The first-order valence-corrected chi connectivity index (χ1v) is 7.68. The van der Waals surface area contributed by atoms with Crippen molar-refractivity contribution in [2.75, 3.05) is 18.4 Å². The highest BCUT2D eigenvalue weighted by atomic mass is 32.2. The van der Waals surface area contributed by atoms with E-state index < -0.39 is 10.2 Å². The maximum absolute atomic E-state index is 12.2. The molecular formula is C14H20N2O3S. The quantitative estimate of drug-likeness (QED) is 0.824. The molecule has 0 aliphatic heterocycles. The van der Waals surface area contributed by atoms with Crippen LogP contribution in [0.1, 0.15) is 25.0 Å². The number of anilines is 1. The number of nitrogens with zero attached hydrogens (tertiary/aromatic N) is 1. The van der Waals surface area contributed by atoms with Gasteiger partial charge >= 0.3 is 10.2 Å². The van der Waals surface area contributed by atoms with Gasteiger partial charge in [-0.05, 0) is 38.5 Å². The summed E-state index contributed by atoms with van der Waals surface area (Å²) in [5.74, 6) is 5.25. The van der Waals surface area contributed by atoms with Crippen LogP contribution in [0, 0.1) is 18.8 Å². The molecule has 0 heterocycles. The van der Waals surface area contributed by atoms with Crippen molar-refractivity contribution >= 4 is 15.9 Å². The van der Waals surface area contributed by atoms with E-state index in [1.165, 1.54) is 11.4 Å². The second-order valence-electron chi connectivity index (χ2n) is 4.73. The highest BCUT2D eigenvalue weighted by molar-refractivity contribution is 7.90. The monoisotopic (exact) mass is 296 g/mol. The van der Waals surface area contributed by atoms with Crippen molar-refractivity contribution < 1.29 is 13.5 Å². The zero-order chi connectivity index (χ0) is 15.3. The maximum atomic E-state index is 12.2. The lowest BCUT2D eigenvalue weighted by molar-refractivity contribution is 0.350. The van der Waals surface area contributed by atoms with Crippen LogP contribution >= 0.6 is 0 Å². The predicted molar refractivity (Wildman–Crippen MR) is 80.6 cm³/mol. The van der Waals surface area contributed by atoms with Crippen LogP contribution in [-0.4, -0.2) is 37.5 Å². The molecule has 110 valence electrons. The minimum absolute atomic E-state index is 0.149. The second kappa shape index (κ2) is 6.75. The first kappa shape index (κ1) is 16.5. The lowest BCUT2D eigenvalue weighted by atomic mass is 10.1. The third-order valence-corrected chi connectivity index (χ3v) is 4.48. The van der Waals surface area contributed by atoms with Crippen LogP contribution in [0.3, 0.4) is 0 Å². The van der Waals surface area contributed by atoms with Crippen molar-refractivity contribution in [2.24, 2.45) is 0 Å². The molecule has 2 N–H and O–H groups in total. The first-order valence-electron chi connectivity index (χ1n) is 6.24. The van der Waals surface area contributed by atoms with Crippen LogP contribution in [0.2, 0.25) is 0 Å². The number of aliphatic hydroxyl groups is 1. The highest BCUT2D eigenvalue weighted by Gasteiger charge is 2.21. The van der Waals surface area contributed by atoms with Gasteiger partial charge in [-0.3, -0.25) is 4.72 Å². The van der Waals surface area contributed by atoms with Crippen molar-refractivity contribution in [1.82, 2.24) is 4.31 Å². The third-order valence-electron chi connectivity index (χ3n) is 2.82. The van der Waals surface area contributed by atoms with Gasteiger partial charge in [0.25, 0.3) is 0 Å². The minimum atomic E-state index is -3.62. The van der Waals surface area contributed by atoms with Gasteiger partial charge in [-0.15, -0.1) is 0 Å². The normalized spacial score (nSPS) is 11.3. The average molecular weight is 296 g/mol. The Bertz CT molecular complexity index is 628. The fourth-order valence-corrected chi connectivity index (χ4v) is 2.62. The number of hydrogen-bond donors (Lipinski definition) is 2. The molecule has 0 aliphatic carbocycles. The summed E-state index contributed by atoms with van der Waals surface area (Å²) < 4.78 is 28.2. The van der Waals surface area contributed by atoms with E-state index in [0.717, 1.165) is 5.56 Å². The standard InChI is InChI=1S/C14H20N2O3S/c1-11(2)16(4)20(18,19)15-14-10-12(3)7-8-13(14)6-5-9-17/h7-8,10-11,15,17H,9H2,1-4H3. The Morgan fingerprint density at radius 1 is 1.40 bits per heavy atom. The summed E-state index contributed by atoms with van der Waals surface area (Å²) in [4.78, 5) is 0. The van der Waals surface area contributed by atoms with Crippen molar-refractivity contribution in [3.8, 4) is 11.8 Å². The summed E-state index contributed by atoms with van der Waals surface area (Å²) in [7, 11) is -2.11. The summed E-state index contributed by atoms with van der Waals surface area (Å²) in [6.45, 7) is 5.18. The van der Waals surface area contributed by atoms with Crippen molar-refractivity contribution in [3.05, 3.63) is 29.3 Å². The predicted octanol–water partition coefficient (Wildman–Crippen LogP) is 1.34. The molecule has 0 aliphatic rings. The van der Waals surface area contributed by atoms with Crippen LogP contribution in [0.4, 0.5) is 5.69 Å². The van der Waals surface area contributed by atoms with E-state index >= 15 is 0 Å². The SMILES string of the molecule is Cc1ccc(C#CCO)c(NS(=O)(=O)N(C)C(C)C)c1. The number of benzene rings is 1. The zero-order valence-corrected chi connectivity index (χ0v) is 13.0. The molecule has 6 heteroatoms. The number of hydrogen-bond acceptors (Lipinski definition) is 3. The molecule has 0 radical (unpaired) electrons. The van der Waals surface area contributed by atoms with E-state index in [9.17, 15) is 8.42 Å². The Hall–Kier alpha value is -1.55. The highest BCUT2D eigenvalue weighted by Crippen LogP contribution is 2.19. The number of nitrogens with one attached hydrogen (secondary N) is 1. The average Bonchev–Trinajstić information content (AvgIpc) is 2.36. The summed E-state index contributed by atoms with van der Waals surface area (Å²) in [5, 5.41) is 8.75. The molecular weight excluding hydrogens is 276 g/mol. The maximum Gasteiger partial charge on any atom is 0.301 e. The Morgan fingerprint density at radius 3 is 2.60 bits per heavy atom. The van der Waals surface area contributed by atoms with Gasteiger partial charge in [0.1, 0.15) is 6.61 Å². The molecule has 0 spiro atoms. The van der Waals surface area contributed by atoms with Crippen LogP contribution < -0.4 is 4.72 Å². The molecule has 0 saturated heterocycles. The van der Waals surface area contributed by atoms with E-state index in [4.69, 9.17) is 5.11 Å². The van der Waals surface area contributed by atoms with Gasteiger partial charge in [0.15, 0.2) is 0 Å². The number of aliphatic hydroxyl groups excluding tert-OH is 1. The lowest BCUT2D eigenvalue weighted by Crippen LogP contribution is -2.37. The minimum Gasteiger partial charge on any atom is -0.384 e. The van der Waals surface area contributed by atoms with Crippen molar-refractivity contribution in [3.63, 3.8) is 0 Å². The van der Waals surface area contributed by atoms with Gasteiger partial charge in [0.05, 0.1) is 5.69 Å². The largest absolute Gasteiger partial charge is 0.384 e. The van der Waals surface area contributed by atoms with E-state index in [0.29, 0.717) is 11.3 Å². The smallest absolute Gasteiger partial charge is 0.301 e. The third kappa shape index (κ3) is 4.23. The number of aryl methyl sites for hydroxylation is 1. The molecule has 0 bridgehead atoms. The zero-order valence-electron chi connectivity index (χ0n) is 12.1. The Kier molecular flexibility index (Phi) is 5.57. The summed E-state index contributed by atoms with van der Waals surface area (Å²) in [5.41, 5.74) is 1.87. The van der Waals surface area contributed by atoms with Gasteiger partial charge in [-0.2, -0.15) is 12.7 Å². The van der Waals surface area contributed by atoms with E-state index in [-0.39, 0.29) is 12.6 Å². The molecule has 0 fully saturated rings. The molecule has 5 nitrogen and oxygen atoms in total. The van der Waals surface area contributed by atoms with Crippen molar-refractivity contribution in [1.29, 1.82) is 0 Å². The molecule has 20 heavy (non-hydrogen) atoms. The van der Waals surface area contributed by atoms with Gasteiger partial charge < -0.3 is 5.11 Å². The van der Waals surface area contributed by atoms with E-state index in [2.05, 4.69) is 16.6 Å². The second-order valence-corrected chi connectivity index (χ2v) is 6.46. The lowest BCUT2D eigenvalue weighted by Gasteiger charge is -2.22. The molecule has 0 amide bonds. The fourth-order valence-electron chi connectivity index (χ4n) is 1.47. The summed E-state index contributed by atoms with van der Waals surface area (Å²) in [6.07, 6.45) is 0. The number of rotatable bonds is 4. The summed E-state index contributed by atoms with van der Waals surface area (Å²) in [6, 6.07) is 5.13. The van der Waals surface area contributed by atoms with Crippen molar-refractivity contribution in [2.45, 2.75) is 26.8 Å². The molecule has 1 rings (SSSR count). The van der Waals surface area contributed by atoms with Gasteiger partial charge in [0, 0.05) is 18.7 Å². The molecule has 1 aromatic carbocycles. The van der Waals surface area contributed by atoms with Crippen LogP contribution in [-0.2, 0) is 10.2 Å². The molecule has 0 saturated carbocycles. The molecule has 0 aromatic heterocycles. The fraction of sp³-hybridized carbons (Fsp3) is 0.429. The van der Waals surface area contributed by atoms with E-state index in [1.807, 2.05) is 13.0 Å². The van der Waals surface area contributed by atoms with Crippen LogP contribution in [0.15, 0.2) is 18.2 Å². The Morgan fingerprint density at radius 2 is 2.05 bits per heavy atom. The van der Waals surface area contributed by atoms with Crippen LogP contribution in [0.25, 0.3) is 0 Å². The van der Waals surface area contributed by atoms with Gasteiger partial charge in [-0.1, -0.05) is 17.9 Å². The van der Waals surface area contributed by atoms with Gasteiger partial charge in [-0.25, -0.2) is 0 Å². The summed E-state index contributed by atoms with van der Waals surface area (Å²) >= 11 is 0. The van der Waals surface area contributed by atoms with E-state index in [1.54, 1.807) is 26.0 Å². The Balaban J connectivity index is 3.17. The molecule has 1 aromatic rings.